The predicted octanol–water partition coefficient (Wildman–Crippen LogP) is 2.45. The van der Waals surface area contributed by atoms with Gasteiger partial charge in [0, 0.05) is 32.2 Å². The van der Waals surface area contributed by atoms with E-state index in [0.29, 0.717) is 0 Å². The highest BCUT2D eigenvalue weighted by Gasteiger charge is 2.20. The Labute approximate surface area is 79.7 Å². The average Bonchev–Trinajstić information content (AvgIpc) is 2.03. The van der Waals surface area contributed by atoms with Crippen molar-refractivity contribution >= 4 is 12.9 Å². The third-order valence-electron chi connectivity index (χ3n) is 1.18. The molecule has 1 aromatic rings. The van der Waals surface area contributed by atoms with Gasteiger partial charge in [0.15, 0.2) is 0 Å². The van der Waals surface area contributed by atoms with Gasteiger partial charge in [0.1, 0.15) is 0 Å². The summed E-state index contributed by atoms with van der Waals surface area (Å²) < 4.78 is 39.0. The first-order chi connectivity index (χ1) is 6.30. The fourth-order valence-corrected chi connectivity index (χ4v) is 0.642. The minimum atomic E-state index is -6.00. The van der Waals surface area contributed by atoms with Gasteiger partial charge in [-0.1, -0.05) is 0 Å². The van der Waals surface area contributed by atoms with E-state index in [-0.39, 0.29) is 0 Å². The van der Waals surface area contributed by atoms with Crippen LogP contribution >= 0.6 is 0 Å². The van der Waals surface area contributed by atoms with Crippen molar-refractivity contribution in [2.75, 3.05) is 19.0 Å². The van der Waals surface area contributed by atoms with Crippen LogP contribution in [0, 0.1) is 0 Å². The van der Waals surface area contributed by atoms with Gasteiger partial charge >= 0.3 is 7.25 Å². The molecule has 1 heterocycles. The van der Waals surface area contributed by atoms with Crippen molar-refractivity contribution in [2.24, 2.45) is 0 Å². The summed E-state index contributed by atoms with van der Waals surface area (Å²) >= 11 is 0. The topological polar surface area (TPSA) is 16.1 Å². The van der Waals surface area contributed by atoms with Gasteiger partial charge in [0.05, 0.1) is 0 Å². The Balaban J connectivity index is 0.000000292. The number of pyridine rings is 1. The minimum Gasteiger partial charge on any atom is -0.418 e. The van der Waals surface area contributed by atoms with E-state index in [9.17, 15) is 17.3 Å². The lowest BCUT2D eigenvalue weighted by Gasteiger charge is -2.10. The Morgan fingerprint density at radius 1 is 1.07 bits per heavy atom. The first-order valence-electron chi connectivity index (χ1n) is 3.75. The van der Waals surface area contributed by atoms with Gasteiger partial charge in [-0.05, 0) is 12.1 Å². The maximum atomic E-state index is 9.75. The SMILES string of the molecule is CN(C)c1ccncc1.F[B-](F)(F)F. The summed E-state index contributed by atoms with van der Waals surface area (Å²) in [5.41, 5.74) is 1.19. The molecule has 0 aliphatic carbocycles. The maximum absolute atomic E-state index is 9.75. The molecule has 1 rings (SSSR count). The first-order valence-corrected chi connectivity index (χ1v) is 3.75. The Bertz CT molecular complexity index is 244. The molecular weight excluding hydrogens is 199 g/mol. The van der Waals surface area contributed by atoms with Crippen LogP contribution in [0.3, 0.4) is 0 Å². The van der Waals surface area contributed by atoms with E-state index in [1.807, 2.05) is 31.1 Å². The van der Waals surface area contributed by atoms with Crippen molar-refractivity contribution in [2.45, 2.75) is 0 Å². The van der Waals surface area contributed by atoms with Crippen molar-refractivity contribution in [3.63, 3.8) is 0 Å². The molecule has 0 amide bonds. The number of hydrogen-bond acceptors (Lipinski definition) is 2. The van der Waals surface area contributed by atoms with Crippen LogP contribution < -0.4 is 4.90 Å². The van der Waals surface area contributed by atoms with E-state index in [4.69, 9.17) is 0 Å². The summed E-state index contributed by atoms with van der Waals surface area (Å²) in [6.45, 7) is 0. The number of rotatable bonds is 1. The third kappa shape index (κ3) is 8.83. The second-order valence-corrected chi connectivity index (χ2v) is 2.59. The van der Waals surface area contributed by atoms with Crippen LogP contribution in [-0.4, -0.2) is 26.3 Å². The lowest BCUT2D eigenvalue weighted by atomic mass is 10.3. The van der Waals surface area contributed by atoms with Gasteiger partial charge in [-0.25, -0.2) is 0 Å². The number of hydrogen-bond donors (Lipinski definition) is 0. The largest absolute Gasteiger partial charge is 0.673 e. The van der Waals surface area contributed by atoms with E-state index >= 15 is 0 Å². The fourth-order valence-electron chi connectivity index (χ4n) is 0.642. The molecule has 0 fully saturated rings. The molecule has 0 bridgehead atoms. The van der Waals surface area contributed by atoms with E-state index < -0.39 is 7.25 Å². The standard InChI is InChI=1S/C7H10N2.BF4/c1-9(2)7-3-5-8-6-4-7;2-1(3,4)5/h3-6H,1-2H3;/q;-1. The van der Waals surface area contributed by atoms with Gasteiger partial charge in [-0.15, -0.1) is 0 Å². The first kappa shape index (κ1) is 12.7. The summed E-state index contributed by atoms with van der Waals surface area (Å²) in [7, 11) is -1.98. The van der Waals surface area contributed by atoms with Crippen molar-refractivity contribution in [1.82, 2.24) is 4.98 Å². The molecule has 2 nitrogen and oxygen atoms in total. The molecule has 0 atom stereocenters. The van der Waals surface area contributed by atoms with Crippen LogP contribution in [-0.2, 0) is 0 Å². The zero-order valence-electron chi connectivity index (χ0n) is 7.79. The Morgan fingerprint density at radius 2 is 1.43 bits per heavy atom. The van der Waals surface area contributed by atoms with Crippen LogP contribution in [0.4, 0.5) is 23.0 Å². The lowest BCUT2D eigenvalue weighted by Crippen LogP contribution is -2.07. The molecule has 7 heteroatoms. The molecule has 0 aliphatic rings. The van der Waals surface area contributed by atoms with Crippen LogP contribution in [0.5, 0.6) is 0 Å². The molecular formula is C7H10BF4N2-. The second kappa shape index (κ2) is 5.46. The van der Waals surface area contributed by atoms with Crippen molar-refractivity contribution in [3.8, 4) is 0 Å². The lowest BCUT2D eigenvalue weighted by molar-refractivity contribution is 0.368. The van der Waals surface area contributed by atoms with E-state index in [1.54, 1.807) is 12.4 Å². The van der Waals surface area contributed by atoms with Gasteiger partial charge in [0.2, 0.25) is 0 Å². The zero-order chi connectivity index (χ0) is 11.2. The van der Waals surface area contributed by atoms with Crippen molar-refractivity contribution in [1.29, 1.82) is 0 Å². The highest BCUT2D eigenvalue weighted by molar-refractivity contribution is 6.50. The van der Waals surface area contributed by atoms with E-state index in [2.05, 4.69) is 4.98 Å². The number of halogens is 4. The summed E-state index contributed by atoms with van der Waals surface area (Å²) in [5.74, 6) is 0. The molecule has 0 aliphatic heterocycles. The highest BCUT2D eigenvalue weighted by Crippen LogP contribution is 2.06. The monoisotopic (exact) mass is 209 g/mol. The maximum Gasteiger partial charge on any atom is 0.673 e. The molecule has 0 radical (unpaired) electrons. The predicted molar refractivity (Wildman–Crippen MR) is 48.8 cm³/mol. The number of anilines is 1. The molecule has 0 saturated carbocycles. The molecule has 0 aromatic carbocycles. The van der Waals surface area contributed by atoms with Gasteiger partial charge in [-0.3, -0.25) is 4.98 Å². The van der Waals surface area contributed by atoms with E-state index in [0.717, 1.165) is 0 Å². The smallest absolute Gasteiger partial charge is 0.418 e. The quantitative estimate of drug-likeness (QED) is 0.521. The van der Waals surface area contributed by atoms with Crippen LogP contribution in [0.25, 0.3) is 0 Å². The summed E-state index contributed by atoms with van der Waals surface area (Å²) in [6.07, 6.45) is 3.57. The van der Waals surface area contributed by atoms with Gasteiger partial charge in [-0.2, -0.15) is 0 Å². The molecule has 0 saturated heterocycles. The normalized spacial score (nSPS) is 10.1. The Kier molecular flexibility index (Phi) is 4.97. The molecule has 1 aromatic heterocycles. The molecule has 0 spiro atoms. The van der Waals surface area contributed by atoms with Crippen LogP contribution in [0.15, 0.2) is 24.5 Å². The van der Waals surface area contributed by atoms with Crippen LogP contribution in [0.1, 0.15) is 0 Å². The minimum absolute atomic E-state index is 1.19. The molecule has 0 unspecified atom stereocenters. The summed E-state index contributed by atoms with van der Waals surface area (Å²) in [5, 5.41) is 0. The van der Waals surface area contributed by atoms with E-state index in [1.165, 1.54) is 5.69 Å². The highest BCUT2D eigenvalue weighted by atomic mass is 19.5. The summed E-state index contributed by atoms with van der Waals surface area (Å²) in [6, 6.07) is 3.94. The Hall–Kier alpha value is -1.27. The molecule has 14 heavy (non-hydrogen) atoms. The second-order valence-electron chi connectivity index (χ2n) is 2.59. The zero-order valence-corrected chi connectivity index (χ0v) is 7.79. The van der Waals surface area contributed by atoms with Crippen molar-refractivity contribution in [3.05, 3.63) is 24.5 Å². The third-order valence-corrected chi connectivity index (χ3v) is 1.18. The molecule has 80 valence electrons. The summed E-state index contributed by atoms with van der Waals surface area (Å²) in [4.78, 5) is 5.94. The number of aromatic nitrogens is 1. The fraction of sp³-hybridized carbons (Fsp3) is 0.286. The van der Waals surface area contributed by atoms with Crippen molar-refractivity contribution < 1.29 is 17.3 Å². The molecule has 0 N–H and O–H groups in total. The van der Waals surface area contributed by atoms with Gasteiger partial charge < -0.3 is 22.2 Å². The van der Waals surface area contributed by atoms with Crippen LogP contribution in [0.2, 0.25) is 0 Å². The average molecular weight is 209 g/mol. The number of nitrogens with zero attached hydrogens (tertiary/aromatic N) is 2. The van der Waals surface area contributed by atoms with Gasteiger partial charge in [0.25, 0.3) is 0 Å². The Morgan fingerprint density at radius 3 is 1.64 bits per heavy atom.